The lowest BCUT2D eigenvalue weighted by Gasteiger charge is -2.25. The highest BCUT2D eigenvalue weighted by atomic mass is 35.5. The van der Waals surface area contributed by atoms with E-state index < -0.39 is 22.5 Å². The molecule has 0 heterocycles. The van der Waals surface area contributed by atoms with Crippen molar-refractivity contribution in [1.29, 1.82) is 0 Å². The van der Waals surface area contributed by atoms with Crippen molar-refractivity contribution in [2.24, 2.45) is 5.10 Å². The van der Waals surface area contributed by atoms with Gasteiger partial charge < -0.3 is 4.74 Å². The first-order valence-electron chi connectivity index (χ1n) is 10.0. The van der Waals surface area contributed by atoms with Crippen molar-refractivity contribution < 1.29 is 17.9 Å². The van der Waals surface area contributed by atoms with Crippen LogP contribution in [0.3, 0.4) is 0 Å². The summed E-state index contributed by atoms with van der Waals surface area (Å²) >= 11 is 6.05. The molecule has 3 rings (SSSR count). The predicted octanol–water partition coefficient (Wildman–Crippen LogP) is 4.31. The number of hydrazone groups is 1. The molecule has 3 aromatic rings. The van der Waals surface area contributed by atoms with E-state index in [2.05, 4.69) is 10.5 Å². The number of sulfonamides is 1. The van der Waals surface area contributed by atoms with Crippen molar-refractivity contribution in [3.63, 3.8) is 0 Å². The van der Waals surface area contributed by atoms with Crippen LogP contribution in [0.5, 0.6) is 5.75 Å². The third-order valence-corrected chi connectivity index (χ3v) is 6.85. The van der Waals surface area contributed by atoms with Crippen LogP contribution in [0.1, 0.15) is 16.7 Å². The summed E-state index contributed by atoms with van der Waals surface area (Å²) in [6.45, 7) is 3.14. The van der Waals surface area contributed by atoms with Gasteiger partial charge in [0.25, 0.3) is 15.9 Å². The number of carbonyl (C=O) groups is 1. The summed E-state index contributed by atoms with van der Waals surface area (Å²) in [5.74, 6) is 0.108. The summed E-state index contributed by atoms with van der Waals surface area (Å²) < 4.78 is 33.0. The van der Waals surface area contributed by atoms with Gasteiger partial charge in [0.1, 0.15) is 12.3 Å². The maximum absolute atomic E-state index is 13.4. The summed E-state index contributed by atoms with van der Waals surface area (Å²) in [7, 11) is -2.45. The monoisotopic (exact) mass is 485 g/mol. The molecule has 0 aliphatic heterocycles. The number of amides is 1. The minimum atomic E-state index is -4.02. The number of ether oxygens (including phenoxy) is 1. The molecule has 1 amide bonds. The molecule has 33 heavy (non-hydrogen) atoms. The Balaban J connectivity index is 1.85. The Morgan fingerprint density at radius 3 is 2.33 bits per heavy atom. The van der Waals surface area contributed by atoms with Crippen LogP contribution in [0, 0.1) is 13.8 Å². The van der Waals surface area contributed by atoms with Gasteiger partial charge >= 0.3 is 0 Å². The van der Waals surface area contributed by atoms with E-state index in [1.54, 1.807) is 68.6 Å². The van der Waals surface area contributed by atoms with Crippen molar-refractivity contribution in [3.05, 3.63) is 88.4 Å². The fourth-order valence-corrected chi connectivity index (χ4v) is 4.78. The molecule has 0 atom stereocenters. The van der Waals surface area contributed by atoms with Gasteiger partial charge in [-0.2, -0.15) is 5.10 Å². The lowest BCUT2D eigenvalue weighted by Crippen LogP contribution is -2.40. The van der Waals surface area contributed by atoms with Crippen molar-refractivity contribution >= 4 is 39.4 Å². The number of hydrogen-bond acceptors (Lipinski definition) is 5. The number of methoxy groups -OCH3 is 1. The quantitative estimate of drug-likeness (QED) is 0.380. The van der Waals surface area contributed by atoms with Gasteiger partial charge in [0.05, 0.1) is 23.9 Å². The number of benzene rings is 3. The van der Waals surface area contributed by atoms with Crippen molar-refractivity contribution in [3.8, 4) is 5.75 Å². The molecule has 1 N–H and O–H groups in total. The van der Waals surface area contributed by atoms with Crippen molar-refractivity contribution in [2.45, 2.75) is 18.7 Å². The number of nitrogens with one attached hydrogen (secondary N) is 1. The number of rotatable bonds is 8. The molecule has 0 spiro atoms. The van der Waals surface area contributed by atoms with E-state index in [-0.39, 0.29) is 4.90 Å². The number of aryl methyl sites for hydroxylation is 2. The highest BCUT2D eigenvalue weighted by molar-refractivity contribution is 7.92. The minimum absolute atomic E-state index is 0.0805. The second-order valence-corrected chi connectivity index (χ2v) is 9.62. The molecule has 0 aliphatic rings. The molecule has 3 aromatic carbocycles. The number of carbonyl (C=O) groups excluding carboxylic acids is 1. The molecular formula is C24H24ClN3O4S. The SMILES string of the molecule is COc1ccc(/C=N/NC(=O)CN(c2ccc(Cl)cc2C)S(=O)(=O)c2ccc(C)cc2)cc1. The van der Waals surface area contributed by atoms with Crippen molar-refractivity contribution in [2.75, 3.05) is 18.0 Å². The third-order valence-electron chi connectivity index (χ3n) is 4.84. The van der Waals surface area contributed by atoms with E-state index in [0.717, 1.165) is 15.4 Å². The number of hydrogen-bond donors (Lipinski definition) is 1. The summed E-state index contributed by atoms with van der Waals surface area (Å²) in [5.41, 5.74) is 5.03. The molecule has 0 fully saturated rings. The molecule has 0 radical (unpaired) electrons. The number of nitrogens with zero attached hydrogens (tertiary/aromatic N) is 2. The van der Waals surface area contributed by atoms with E-state index in [1.165, 1.54) is 18.3 Å². The van der Waals surface area contributed by atoms with Gasteiger partial charge in [-0.1, -0.05) is 29.3 Å². The van der Waals surface area contributed by atoms with Crippen LogP contribution in [0.25, 0.3) is 0 Å². The Bertz CT molecular complexity index is 1260. The summed E-state index contributed by atoms with van der Waals surface area (Å²) in [4.78, 5) is 12.7. The lowest BCUT2D eigenvalue weighted by molar-refractivity contribution is -0.119. The Hall–Kier alpha value is -3.36. The van der Waals surface area contributed by atoms with Gasteiger partial charge in [0.2, 0.25) is 0 Å². The van der Waals surface area contributed by atoms with Gasteiger partial charge in [0.15, 0.2) is 0 Å². The molecule has 172 valence electrons. The van der Waals surface area contributed by atoms with Crippen LogP contribution in [0.2, 0.25) is 5.02 Å². The molecule has 0 bridgehead atoms. The van der Waals surface area contributed by atoms with E-state index in [0.29, 0.717) is 22.0 Å². The molecule has 0 unspecified atom stereocenters. The zero-order chi connectivity index (χ0) is 24.0. The first-order valence-corrected chi connectivity index (χ1v) is 11.8. The normalized spacial score (nSPS) is 11.4. The molecular weight excluding hydrogens is 462 g/mol. The largest absolute Gasteiger partial charge is 0.497 e. The van der Waals surface area contributed by atoms with Gasteiger partial charge in [-0.3, -0.25) is 9.10 Å². The van der Waals surface area contributed by atoms with Gasteiger partial charge in [-0.25, -0.2) is 13.8 Å². The van der Waals surface area contributed by atoms with Crippen molar-refractivity contribution in [1.82, 2.24) is 5.43 Å². The Labute approximate surface area is 198 Å². The Morgan fingerprint density at radius 1 is 1.06 bits per heavy atom. The topological polar surface area (TPSA) is 88.1 Å². The van der Waals surface area contributed by atoms with Gasteiger partial charge in [-0.05, 0) is 79.6 Å². The molecule has 7 nitrogen and oxygen atoms in total. The average Bonchev–Trinajstić information content (AvgIpc) is 2.78. The fourth-order valence-electron chi connectivity index (χ4n) is 3.07. The zero-order valence-electron chi connectivity index (χ0n) is 18.4. The maximum atomic E-state index is 13.4. The minimum Gasteiger partial charge on any atom is -0.497 e. The third kappa shape index (κ3) is 6.12. The fraction of sp³-hybridized carbons (Fsp3) is 0.167. The second-order valence-electron chi connectivity index (χ2n) is 7.32. The lowest BCUT2D eigenvalue weighted by atomic mass is 10.2. The highest BCUT2D eigenvalue weighted by Gasteiger charge is 2.28. The Morgan fingerprint density at radius 2 is 1.73 bits per heavy atom. The standard InChI is InChI=1S/C24H24ClN3O4S/c1-17-4-11-22(12-5-17)33(30,31)28(23-13-8-20(25)14-18(23)2)16-24(29)27-26-15-19-6-9-21(32-3)10-7-19/h4-15H,16H2,1-3H3,(H,27,29)/b26-15+. The number of anilines is 1. The van der Waals surface area contributed by atoms with E-state index in [9.17, 15) is 13.2 Å². The molecule has 0 saturated carbocycles. The van der Waals surface area contributed by atoms with Crippen LogP contribution in [0.4, 0.5) is 5.69 Å². The van der Waals surface area contributed by atoms with Gasteiger partial charge in [-0.15, -0.1) is 0 Å². The first kappa shape index (κ1) is 24.3. The summed E-state index contributed by atoms with van der Waals surface area (Å²) in [5, 5.41) is 4.41. The molecule has 9 heteroatoms. The van der Waals surface area contributed by atoms with Crippen LogP contribution in [0.15, 0.2) is 76.7 Å². The zero-order valence-corrected chi connectivity index (χ0v) is 20.0. The predicted molar refractivity (Wildman–Crippen MR) is 131 cm³/mol. The molecule has 0 aromatic heterocycles. The Kier molecular flexibility index (Phi) is 7.73. The van der Waals surface area contributed by atoms with Crippen LogP contribution in [-0.2, 0) is 14.8 Å². The van der Waals surface area contributed by atoms with Crippen LogP contribution in [-0.4, -0.2) is 34.2 Å². The summed E-state index contributed by atoms with van der Waals surface area (Å²) in [6.07, 6.45) is 1.46. The van der Waals surface area contributed by atoms with Gasteiger partial charge in [0, 0.05) is 5.02 Å². The molecule has 0 saturated heterocycles. The number of halogens is 1. The van der Waals surface area contributed by atoms with Crippen LogP contribution >= 0.6 is 11.6 Å². The second kappa shape index (κ2) is 10.5. The maximum Gasteiger partial charge on any atom is 0.264 e. The van der Waals surface area contributed by atoms with E-state index in [1.807, 2.05) is 6.92 Å². The van der Waals surface area contributed by atoms with Crippen LogP contribution < -0.4 is 14.5 Å². The van der Waals surface area contributed by atoms with E-state index >= 15 is 0 Å². The van der Waals surface area contributed by atoms with E-state index in [4.69, 9.17) is 16.3 Å². The molecule has 0 aliphatic carbocycles. The smallest absolute Gasteiger partial charge is 0.264 e. The summed E-state index contributed by atoms with van der Waals surface area (Å²) in [6, 6.07) is 18.3. The first-order chi connectivity index (χ1) is 15.7. The highest BCUT2D eigenvalue weighted by Crippen LogP contribution is 2.29. The average molecular weight is 486 g/mol.